The summed E-state index contributed by atoms with van der Waals surface area (Å²) in [5.41, 5.74) is 1.32. The number of phenols is 1. The van der Waals surface area contributed by atoms with Gasteiger partial charge in [0.2, 0.25) is 15.8 Å². The highest BCUT2D eigenvalue weighted by atomic mass is 32.2. The van der Waals surface area contributed by atoms with E-state index in [0.29, 0.717) is 0 Å². The molecule has 1 unspecified atom stereocenters. The maximum Gasteiger partial charge on any atom is 0.255 e. The van der Waals surface area contributed by atoms with E-state index in [9.17, 15) is 43.2 Å². The summed E-state index contributed by atoms with van der Waals surface area (Å²) in [6.45, 7) is 0. The lowest BCUT2D eigenvalue weighted by atomic mass is 9.58. The van der Waals surface area contributed by atoms with Crippen LogP contribution in [0.1, 0.15) is 22.3 Å². The Hall–Kier alpha value is -3.42. The molecule has 1 amide bonds. The number of hydrogen-bond donors (Lipinski definition) is 6. The van der Waals surface area contributed by atoms with Gasteiger partial charge in [0, 0.05) is 11.5 Å². The lowest BCUT2D eigenvalue weighted by Crippen LogP contribution is -2.63. The molecule has 35 heavy (non-hydrogen) atoms. The lowest BCUT2D eigenvalue weighted by molar-refractivity contribution is -0.148. The number of primary amides is 1. The number of allylic oxidation sites excluding steroid dienone is 1. The highest BCUT2D eigenvalue weighted by Crippen LogP contribution is 2.52. The Balaban J connectivity index is 1.96. The molecule has 3 aliphatic carbocycles. The molecule has 13 heteroatoms. The molecule has 0 saturated carbocycles. The molecule has 0 bridgehead atoms. The Morgan fingerprint density at radius 3 is 2.37 bits per heavy atom. The number of Topliss-reactive ketones (excluding diaryl/α,β-unsaturated/α-hetero) is 2. The Morgan fingerprint density at radius 2 is 1.83 bits per heavy atom. The molecule has 0 aliphatic heterocycles. The van der Waals surface area contributed by atoms with Crippen molar-refractivity contribution in [2.24, 2.45) is 17.6 Å². The van der Waals surface area contributed by atoms with Crippen molar-refractivity contribution in [1.82, 2.24) is 4.90 Å². The Labute approximate surface area is 200 Å². The Bertz CT molecular complexity index is 1360. The van der Waals surface area contributed by atoms with Gasteiger partial charge in [-0.2, -0.15) is 0 Å². The molecule has 7 N–H and O–H groups in total. The predicted molar refractivity (Wildman–Crippen MR) is 122 cm³/mol. The number of nitrogens with zero attached hydrogens (tertiary/aromatic N) is 1. The van der Waals surface area contributed by atoms with Gasteiger partial charge in [0.1, 0.15) is 22.8 Å². The van der Waals surface area contributed by atoms with Gasteiger partial charge in [0.15, 0.2) is 11.4 Å². The van der Waals surface area contributed by atoms with E-state index in [1.165, 1.54) is 25.1 Å². The number of hydrogen-bond acceptors (Lipinski definition) is 10. The molecule has 4 atom stereocenters. The second-order valence-electron chi connectivity index (χ2n) is 9.32. The molecule has 0 heterocycles. The molecule has 188 valence electrons. The molecular formula is C22H25N3O9S. The minimum atomic E-state index is -3.74. The number of ketones is 2. The van der Waals surface area contributed by atoms with Gasteiger partial charge >= 0.3 is 0 Å². The SMILES string of the molecule is CN(C)C1C(O)=C(C(N)=O)C(=O)[C@@]2(O)C(O)=C3C(=O)c4c(O)ccc(NS(C)(=O)=O)c4C[C@H]3C[C@@H]12. The monoisotopic (exact) mass is 507 g/mol. The zero-order chi connectivity index (χ0) is 26.2. The maximum absolute atomic E-state index is 13.5. The van der Waals surface area contributed by atoms with Crippen LogP contribution >= 0.6 is 0 Å². The predicted octanol–water partition coefficient (Wildman–Crippen LogP) is -0.508. The van der Waals surface area contributed by atoms with E-state index in [1.807, 2.05) is 0 Å². The first kappa shape index (κ1) is 24.7. The number of carbonyl (C=O) groups excluding carboxylic acids is 3. The number of likely N-dealkylation sites (N-methyl/N-ethyl adjacent to an activating group) is 1. The van der Waals surface area contributed by atoms with Crippen molar-refractivity contribution in [3.05, 3.63) is 45.9 Å². The number of nitrogens with one attached hydrogen (secondary N) is 1. The van der Waals surface area contributed by atoms with Crippen LogP contribution in [0.2, 0.25) is 0 Å². The number of rotatable bonds is 4. The average Bonchev–Trinajstić information content (AvgIpc) is 2.71. The number of anilines is 1. The number of benzene rings is 1. The minimum absolute atomic E-state index is 0.0270. The lowest BCUT2D eigenvalue weighted by Gasteiger charge is -2.50. The first-order valence-electron chi connectivity index (χ1n) is 10.6. The first-order chi connectivity index (χ1) is 16.1. The van der Waals surface area contributed by atoms with Gasteiger partial charge in [-0.1, -0.05) is 0 Å². The van der Waals surface area contributed by atoms with Gasteiger partial charge in [-0.3, -0.25) is 24.0 Å². The van der Waals surface area contributed by atoms with Crippen LogP contribution in [0.15, 0.2) is 34.8 Å². The summed E-state index contributed by atoms with van der Waals surface area (Å²) in [6, 6.07) is 1.30. The van der Waals surface area contributed by atoms with E-state index >= 15 is 0 Å². The summed E-state index contributed by atoms with van der Waals surface area (Å²) in [5.74, 6) is -7.64. The van der Waals surface area contributed by atoms with E-state index in [1.54, 1.807) is 0 Å². The van der Waals surface area contributed by atoms with Crippen LogP contribution in [0, 0.1) is 11.8 Å². The summed E-state index contributed by atoms with van der Waals surface area (Å²) in [5, 5.41) is 43.8. The largest absolute Gasteiger partial charge is 0.510 e. The topological polar surface area (TPSA) is 208 Å². The van der Waals surface area contributed by atoms with Crippen molar-refractivity contribution < 1.29 is 43.2 Å². The molecule has 0 saturated heterocycles. The van der Waals surface area contributed by atoms with Gasteiger partial charge in [0.25, 0.3) is 5.91 Å². The molecule has 0 spiro atoms. The molecule has 0 fully saturated rings. The third-order valence-corrected chi connectivity index (χ3v) is 7.49. The maximum atomic E-state index is 13.5. The van der Waals surface area contributed by atoms with Crippen molar-refractivity contribution in [2.45, 2.75) is 24.5 Å². The molecule has 3 aliphatic rings. The number of aromatic hydroxyl groups is 1. The molecular weight excluding hydrogens is 482 g/mol. The average molecular weight is 508 g/mol. The quantitative estimate of drug-likeness (QED) is 0.227. The van der Waals surface area contributed by atoms with Crippen LogP contribution in [-0.4, -0.2) is 83.2 Å². The summed E-state index contributed by atoms with van der Waals surface area (Å²) < 4.78 is 26.0. The molecule has 1 aromatic carbocycles. The van der Waals surface area contributed by atoms with E-state index in [-0.39, 0.29) is 35.2 Å². The van der Waals surface area contributed by atoms with Crippen LogP contribution < -0.4 is 10.5 Å². The minimum Gasteiger partial charge on any atom is -0.510 e. The number of aliphatic hydroxyl groups excluding tert-OH is 2. The van der Waals surface area contributed by atoms with Crippen molar-refractivity contribution in [3.8, 4) is 5.75 Å². The van der Waals surface area contributed by atoms with Crippen LogP contribution in [0.3, 0.4) is 0 Å². The fourth-order valence-corrected chi connectivity index (χ4v) is 6.14. The number of fused-ring (bicyclic) bond motifs is 3. The molecule has 4 rings (SSSR count). The zero-order valence-corrected chi connectivity index (χ0v) is 19.9. The number of carbonyl (C=O) groups is 3. The van der Waals surface area contributed by atoms with Crippen molar-refractivity contribution in [3.63, 3.8) is 0 Å². The van der Waals surface area contributed by atoms with E-state index in [0.717, 1.165) is 12.3 Å². The number of phenolic OH excluding ortho intramolecular Hbond substituents is 1. The highest BCUT2D eigenvalue weighted by molar-refractivity contribution is 7.92. The molecule has 1 aromatic rings. The van der Waals surface area contributed by atoms with Gasteiger partial charge < -0.3 is 26.2 Å². The van der Waals surface area contributed by atoms with E-state index in [4.69, 9.17) is 5.73 Å². The molecule has 0 radical (unpaired) electrons. The van der Waals surface area contributed by atoms with Gasteiger partial charge in [0.05, 0.1) is 23.5 Å². The summed E-state index contributed by atoms with van der Waals surface area (Å²) in [4.78, 5) is 40.1. The smallest absolute Gasteiger partial charge is 0.255 e. The first-order valence-corrected chi connectivity index (χ1v) is 12.5. The number of aliphatic hydroxyl groups is 3. The van der Waals surface area contributed by atoms with Crippen molar-refractivity contribution in [1.29, 1.82) is 0 Å². The second-order valence-corrected chi connectivity index (χ2v) is 11.1. The summed E-state index contributed by atoms with van der Waals surface area (Å²) in [7, 11) is -0.683. The van der Waals surface area contributed by atoms with Gasteiger partial charge in [-0.05, 0) is 50.6 Å². The third kappa shape index (κ3) is 3.49. The normalized spacial score (nSPS) is 28.5. The Morgan fingerprint density at radius 1 is 1.20 bits per heavy atom. The van der Waals surface area contributed by atoms with Crippen molar-refractivity contribution in [2.75, 3.05) is 25.1 Å². The summed E-state index contributed by atoms with van der Waals surface area (Å²) in [6.07, 6.45) is 0.802. The number of nitrogens with two attached hydrogens (primary N) is 1. The van der Waals surface area contributed by atoms with E-state index in [2.05, 4.69) is 4.72 Å². The van der Waals surface area contributed by atoms with E-state index < -0.39 is 73.8 Å². The highest BCUT2D eigenvalue weighted by Gasteiger charge is 2.63. The molecule has 0 aromatic heterocycles. The van der Waals surface area contributed by atoms with Crippen LogP contribution in [0.25, 0.3) is 0 Å². The van der Waals surface area contributed by atoms with Crippen LogP contribution in [0.4, 0.5) is 5.69 Å². The fraction of sp³-hybridized carbons (Fsp3) is 0.409. The standard InChI is InChI=1S/C22H25N3O9S/c1-25(2)16-10-7-8-6-9-11(24-35(3,33)34)4-5-12(26)14(9)17(27)13(8)19(29)22(10,32)20(30)15(18(16)28)21(23)31/h4-5,8,10,16,24,26,28-29,32H,6-7H2,1-3H3,(H2,23,31)/t8-,10-,16?,22-/m0/s1. The van der Waals surface area contributed by atoms with Crippen LogP contribution in [-0.2, 0) is 26.0 Å². The number of sulfonamides is 1. The number of amides is 1. The van der Waals surface area contributed by atoms with Crippen LogP contribution in [0.5, 0.6) is 5.75 Å². The fourth-order valence-electron chi connectivity index (χ4n) is 5.55. The third-order valence-electron chi connectivity index (χ3n) is 6.90. The van der Waals surface area contributed by atoms with Crippen molar-refractivity contribution >= 4 is 33.2 Å². The molecule has 12 nitrogen and oxygen atoms in total. The summed E-state index contributed by atoms with van der Waals surface area (Å²) >= 11 is 0. The van der Waals surface area contributed by atoms with Gasteiger partial charge in [-0.25, -0.2) is 8.42 Å². The zero-order valence-electron chi connectivity index (χ0n) is 19.1. The second kappa shape index (κ2) is 7.80. The van der Waals surface area contributed by atoms with Gasteiger partial charge in [-0.15, -0.1) is 0 Å². The Kier molecular flexibility index (Phi) is 5.50.